The largest absolute Gasteiger partial charge is 0.369 e. The Morgan fingerprint density at radius 3 is 2.00 bits per heavy atom. The summed E-state index contributed by atoms with van der Waals surface area (Å²) in [4.78, 5) is 11.0. The van der Waals surface area contributed by atoms with E-state index in [1.165, 1.54) is 0 Å². The molecule has 0 radical (unpaired) electrons. The first kappa shape index (κ1) is 10.2. The molecule has 0 bridgehead atoms. The second kappa shape index (κ2) is 4.16. The lowest BCUT2D eigenvalue weighted by molar-refractivity contribution is -0.125. The van der Waals surface area contributed by atoms with E-state index in [1.54, 1.807) is 0 Å². The standard InChI is InChI=1S/C9H17NO/c1-4-7-9(5-2,6-3)8(10)11/h4,7H,5-6H2,1-3H3,(H2,10,11). The number of amides is 1. The van der Waals surface area contributed by atoms with Crippen LogP contribution in [0.15, 0.2) is 12.2 Å². The van der Waals surface area contributed by atoms with Gasteiger partial charge in [0.1, 0.15) is 0 Å². The van der Waals surface area contributed by atoms with Crippen LogP contribution >= 0.6 is 0 Å². The summed E-state index contributed by atoms with van der Waals surface area (Å²) >= 11 is 0. The monoisotopic (exact) mass is 155 g/mol. The maximum Gasteiger partial charge on any atom is 0.227 e. The van der Waals surface area contributed by atoms with Crippen LogP contribution in [0.5, 0.6) is 0 Å². The molecule has 0 unspecified atom stereocenters. The van der Waals surface area contributed by atoms with Gasteiger partial charge >= 0.3 is 0 Å². The van der Waals surface area contributed by atoms with Crippen molar-refractivity contribution in [3.05, 3.63) is 12.2 Å². The quantitative estimate of drug-likeness (QED) is 0.618. The van der Waals surface area contributed by atoms with Crippen molar-refractivity contribution in [2.24, 2.45) is 11.1 Å². The maximum atomic E-state index is 11.0. The smallest absolute Gasteiger partial charge is 0.227 e. The molecule has 0 spiro atoms. The molecule has 0 heterocycles. The van der Waals surface area contributed by atoms with E-state index >= 15 is 0 Å². The number of allylic oxidation sites excluding steroid dienone is 1. The lowest BCUT2D eigenvalue weighted by Crippen LogP contribution is -2.34. The first-order valence-corrected chi connectivity index (χ1v) is 4.06. The SMILES string of the molecule is CC=CC(CC)(CC)C(N)=O. The molecule has 0 rings (SSSR count). The van der Waals surface area contributed by atoms with E-state index in [0.29, 0.717) is 0 Å². The number of primary amides is 1. The zero-order valence-corrected chi connectivity index (χ0v) is 7.55. The van der Waals surface area contributed by atoms with Gasteiger partial charge in [-0.05, 0) is 19.8 Å². The Kier molecular flexibility index (Phi) is 3.86. The van der Waals surface area contributed by atoms with E-state index in [0.717, 1.165) is 12.8 Å². The molecule has 0 aliphatic rings. The summed E-state index contributed by atoms with van der Waals surface area (Å²) in [5.74, 6) is -0.222. The van der Waals surface area contributed by atoms with E-state index in [-0.39, 0.29) is 5.91 Å². The highest BCUT2D eigenvalue weighted by Gasteiger charge is 2.28. The van der Waals surface area contributed by atoms with E-state index in [1.807, 2.05) is 32.9 Å². The zero-order chi connectivity index (χ0) is 8.91. The van der Waals surface area contributed by atoms with Gasteiger partial charge in [0.15, 0.2) is 0 Å². The summed E-state index contributed by atoms with van der Waals surface area (Å²) in [6.07, 6.45) is 5.35. The molecule has 0 aliphatic carbocycles. The first-order chi connectivity index (χ1) is 5.13. The van der Waals surface area contributed by atoms with Crippen LogP contribution in [0.4, 0.5) is 0 Å². The van der Waals surface area contributed by atoms with Gasteiger partial charge in [-0.3, -0.25) is 4.79 Å². The Morgan fingerprint density at radius 1 is 1.45 bits per heavy atom. The van der Waals surface area contributed by atoms with Crippen LogP contribution in [0.3, 0.4) is 0 Å². The summed E-state index contributed by atoms with van der Waals surface area (Å²) in [7, 11) is 0. The van der Waals surface area contributed by atoms with Gasteiger partial charge in [-0.25, -0.2) is 0 Å². The van der Waals surface area contributed by atoms with Gasteiger partial charge in [0, 0.05) is 0 Å². The normalized spacial score (nSPS) is 12.3. The van der Waals surface area contributed by atoms with Gasteiger partial charge in [-0.1, -0.05) is 26.0 Å². The third-order valence-corrected chi connectivity index (χ3v) is 2.24. The fourth-order valence-electron chi connectivity index (χ4n) is 1.24. The predicted octanol–water partition coefficient (Wildman–Crippen LogP) is 1.85. The lowest BCUT2D eigenvalue weighted by Gasteiger charge is -2.23. The van der Waals surface area contributed by atoms with Crippen LogP contribution < -0.4 is 5.73 Å². The van der Waals surface area contributed by atoms with Crippen molar-refractivity contribution >= 4 is 5.91 Å². The highest BCUT2D eigenvalue weighted by Crippen LogP contribution is 2.27. The topological polar surface area (TPSA) is 43.1 Å². The highest BCUT2D eigenvalue weighted by molar-refractivity contribution is 5.82. The molecule has 0 aromatic rings. The molecule has 2 heteroatoms. The van der Waals surface area contributed by atoms with Gasteiger partial charge in [0.05, 0.1) is 5.41 Å². The minimum absolute atomic E-state index is 0.222. The summed E-state index contributed by atoms with van der Waals surface area (Å²) < 4.78 is 0. The van der Waals surface area contributed by atoms with E-state index in [9.17, 15) is 4.79 Å². The fraction of sp³-hybridized carbons (Fsp3) is 0.667. The third-order valence-electron chi connectivity index (χ3n) is 2.24. The van der Waals surface area contributed by atoms with Crippen molar-refractivity contribution in [2.45, 2.75) is 33.6 Å². The van der Waals surface area contributed by atoms with Crippen LogP contribution in [-0.4, -0.2) is 5.91 Å². The number of rotatable bonds is 4. The van der Waals surface area contributed by atoms with Gasteiger partial charge in [-0.15, -0.1) is 0 Å². The van der Waals surface area contributed by atoms with Crippen LogP contribution in [0, 0.1) is 5.41 Å². The van der Waals surface area contributed by atoms with Crippen LogP contribution in [-0.2, 0) is 4.79 Å². The van der Waals surface area contributed by atoms with E-state index in [2.05, 4.69) is 0 Å². The second-order valence-corrected chi connectivity index (χ2v) is 2.73. The molecule has 2 N–H and O–H groups in total. The highest BCUT2D eigenvalue weighted by atomic mass is 16.1. The molecular formula is C9H17NO. The summed E-state index contributed by atoms with van der Waals surface area (Å²) in [6.45, 7) is 5.87. The summed E-state index contributed by atoms with van der Waals surface area (Å²) in [6, 6.07) is 0. The number of carbonyl (C=O) groups is 1. The molecule has 64 valence electrons. The maximum absolute atomic E-state index is 11.0. The minimum Gasteiger partial charge on any atom is -0.369 e. The van der Waals surface area contributed by atoms with Crippen molar-refractivity contribution in [3.8, 4) is 0 Å². The molecule has 0 aromatic heterocycles. The molecule has 0 aliphatic heterocycles. The average molecular weight is 155 g/mol. The fourth-order valence-corrected chi connectivity index (χ4v) is 1.24. The van der Waals surface area contributed by atoms with Crippen molar-refractivity contribution in [1.82, 2.24) is 0 Å². The van der Waals surface area contributed by atoms with Crippen molar-refractivity contribution in [2.75, 3.05) is 0 Å². The Bertz CT molecular complexity index is 157. The summed E-state index contributed by atoms with van der Waals surface area (Å²) in [5, 5.41) is 0. The molecule has 0 fully saturated rings. The third kappa shape index (κ3) is 2.07. The Hall–Kier alpha value is -0.790. The Morgan fingerprint density at radius 2 is 1.91 bits per heavy atom. The number of nitrogens with two attached hydrogens (primary N) is 1. The molecular weight excluding hydrogens is 138 g/mol. The Labute approximate surface area is 68.5 Å². The predicted molar refractivity (Wildman–Crippen MR) is 47.0 cm³/mol. The molecule has 11 heavy (non-hydrogen) atoms. The van der Waals surface area contributed by atoms with Gasteiger partial charge in [-0.2, -0.15) is 0 Å². The zero-order valence-electron chi connectivity index (χ0n) is 7.55. The first-order valence-electron chi connectivity index (χ1n) is 4.06. The molecule has 0 atom stereocenters. The Balaban J connectivity index is 4.60. The lowest BCUT2D eigenvalue weighted by atomic mass is 9.81. The molecule has 0 aromatic carbocycles. The number of hydrogen-bond donors (Lipinski definition) is 1. The van der Waals surface area contributed by atoms with E-state index < -0.39 is 5.41 Å². The average Bonchev–Trinajstić information content (AvgIpc) is 2.00. The van der Waals surface area contributed by atoms with E-state index in [4.69, 9.17) is 5.73 Å². The second-order valence-electron chi connectivity index (χ2n) is 2.73. The molecule has 1 amide bonds. The minimum atomic E-state index is -0.408. The number of carbonyl (C=O) groups excluding carboxylic acids is 1. The van der Waals surface area contributed by atoms with Gasteiger partial charge in [0.25, 0.3) is 0 Å². The van der Waals surface area contributed by atoms with Gasteiger partial charge in [0.2, 0.25) is 5.91 Å². The van der Waals surface area contributed by atoms with Crippen molar-refractivity contribution < 1.29 is 4.79 Å². The molecule has 0 saturated carbocycles. The van der Waals surface area contributed by atoms with Crippen LogP contribution in [0.2, 0.25) is 0 Å². The van der Waals surface area contributed by atoms with Crippen LogP contribution in [0.1, 0.15) is 33.6 Å². The summed E-state index contributed by atoms with van der Waals surface area (Å²) in [5.41, 5.74) is 4.88. The molecule has 2 nitrogen and oxygen atoms in total. The van der Waals surface area contributed by atoms with Crippen molar-refractivity contribution in [3.63, 3.8) is 0 Å². The molecule has 0 saturated heterocycles. The van der Waals surface area contributed by atoms with Gasteiger partial charge < -0.3 is 5.73 Å². The van der Waals surface area contributed by atoms with Crippen molar-refractivity contribution in [1.29, 1.82) is 0 Å². The van der Waals surface area contributed by atoms with Crippen LogP contribution in [0.25, 0.3) is 0 Å². The number of hydrogen-bond acceptors (Lipinski definition) is 1.